The molecule has 1 aliphatic heterocycles. The molecule has 0 radical (unpaired) electrons. The highest BCUT2D eigenvalue weighted by atomic mass is 32.2. The Morgan fingerprint density at radius 1 is 0.974 bits per heavy atom. The molecule has 0 aromatic heterocycles. The zero-order valence-corrected chi connectivity index (χ0v) is 25.0. The second-order valence-electron chi connectivity index (χ2n) is 10.8. The van der Waals surface area contributed by atoms with Gasteiger partial charge in [-0.15, -0.1) is 0 Å². The van der Waals surface area contributed by atoms with Gasteiger partial charge in [-0.1, -0.05) is 31.8 Å². The first-order valence-electron chi connectivity index (χ1n) is 14.0. The third-order valence-electron chi connectivity index (χ3n) is 7.45. The maximum absolute atomic E-state index is 12.9. The lowest BCUT2D eigenvalue weighted by atomic mass is 9.89. The predicted molar refractivity (Wildman–Crippen MR) is 155 cm³/mol. The van der Waals surface area contributed by atoms with E-state index < -0.39 is 20.2 Å². The average Bonchev–Trinajstić information content (AvgIpc) is 2.89. The minimum absolute atomic E-state index is 0.194. The normalized spacial score (nSPS) is 18.2. The molecular weight excluding hydrogens is 522 g/mol. The monoisotopic (exact) mass is 569 g/mol. The van der Waals surface area contributed by atoms with Crippen LogP contribution in [-0.4, -0.2) is 79.4 Å². The largest absolute Gasteiger partial charge is 0.378 e. The number of hydrogen-bond donors (Lipinski definition) is 2. The molecule has 9 nitrogen and oxygen atoms in total. The van der Waals surface area contributed by atoms with Crippen molar-refractivity contribution in [3.05, 3.63) is 36.0 Å². The van der Waals surface area contributed by atoms with Crippen LogP contribution in [0.3, 0.4) is 0 Å². The SMILES string of the molecule is Cc1cc(N(C)C)ccc1S(=O)(=O)NC/C=C\N(CCCNS(=O)(=O)N1CCCCC1)CC1CCCCC1. The minimum Gasteiger partial charge on any atom is -0.378 e. The number of aryl methyl sites for hydroxylation is 1. The van der Waals surface area contributed by atoms with Crippen molar-refractivity contribution in [2.75, 3.05) is 58.3 Å². The summed E-state index contributed by atoms with van der Waals surface area (Å²) in [5, 5.41) is 0. The van der Waals surface area contributed by atoms with E-state index >= 15 is 0 Å². The number of rotatable bonds is 14. The van der Waals surface area contributed by atoms with Crippen LogP contribution in [0.1, 0.15) is 63.4 Å². The van der Waals surface area contributed by atoms with Crippen LogP contribution in [0.5, 0.6) is 0 Å². The minimum atomic E-state index is -3.63. The van der Waals surface area contributed by atoms with Crippen LogP contribution in [0.4, 0.5) is 5.69 Å². The fraction of sp³-hybridized carbons (Fsp3) is 0.704. The Hall–Kier alpha value is -1.66. The molecule has 3 rings (SSSR count). The summed E-state index contributed by atoms with van der Waals surface area (Å²) in [6, 6.07) is 5.33. The van der Waals surface area contributed by atoms with E-state index in [-0.39, 0.29) is 11.4 Å². The topological polar surface area (TPSA) is 102 Å². The Kier molecular flexibility index (Phi) is 11.9. The molecule has 216 valence electrons. The van der Waals surface area contributed by atoms with Crippen molar-refractivity contribution in [1.29, 1.82) is 0 Å². The molecule has 38 heavy (non-hydrogen) atoms. The summed E-state index contributed by atoms with van der Waals surface area (Å²) >= 11 is 0. The summed E-state index contributed by atoms with van der Waals surface area (Å²) in [6.07, 6.45) is 13.7. The summed E-state index contributed by atoms with van der Waals surface area (Å²) in [5.74, 6) is 0.619. The maximum Gasteiger partial charge on any atom is 0.279 e. The highest BCUT2D eigenvalue weighted by molar-refractivity contribution is 7.89. The van der Waals surface area contributed by atoms with Gasteiger partial charge in [-0.2, -0.15) is 12.7 Å². The summed E-state index contributed by atoms with van der Waals surface area (Å²) in [5.41, 5.74) is 1.66. The van der Waals surface area contributed by atoms with Crippen LogP contribution < -0.4 is 14.3 Å². The van der Waals surface area contributed by atoms with Crippen LogP contribution in [-0.2, 0) is 20.2 Å². The molecule has 1 saturated heterocycles. The fourth-order valence-corrected chi connectivity index (χ4v) is 7.78. The smallest absolute Gasteiger partial charge is 0.279 e. The van der Waals surface area contributed by atoms with Crippen LogP contribution in [0, 0.1) is 12.8 Å². The molecule has 1 aliphatic carbocycles. The highest BCUT2D eigenvalue weighted by Gasteiger charge is 2.23. The predicted octanol–water partition coefficient (Wildman–Crippen LogP) is 3.45. The van der Waals surface area contributed by atoms with E-state index in [9.17, 15) is 16.8 Å². The Morgan fingerprint density at radius 3 is 2.32 bits per heavy atom. The molecule has 1 heterocycles. The van der Waals surface area contributed by atoms with Gasteiger partial charge < -0.3 is 9.80 Å². The van der Waals surface area contributed by atoms with Gasteiger partial charge in [0.15, 0.2) is 0 Å². The molecule has 0 spiro atoms. The number of nitrogens with one attached hydrogen (secondary N) is 2. The molecule has 11 heteroatoms. The summed E-state index contributed by atoms with van der Waals surface area (Å²) in [4.78, 5) is 4.45. The van der Waals surface area contributed by atoms with E-state index in [1.165, 1.54) is 32.1 Å². The lowest BCUT2D eigenvalue weighted by Crippen LogP contribution is -2.44. The van der Waals surface area contributed by atoms with Gasteiger partial charge in [-0.05, 0) is 74.9 Å². The van der Waals surface area contributed by atoms with E-state index in [4.69, 9.17) is 0 Å². The standard InChI is InChI=1S/C27H47N5O4S2/c1-24-22-26(30(2)3)14-15-27(24)37(33,34)28-16-10-18-31(23-25-12-6-4-7-13-25)19-11-17-29-38(35,36)32-20-8-5-9-21-32/h10,14-15,18,22,25,28-29H,4-9,11-13,16-17,19-21,23H2,1-3H3/b18-10-. The number of sulfonamides is 1. The molecule has 1 aromatic rings. The molecule has 2 N–H and O–H groups in total. The first kappa shape index (κ1) is 30.9. The van der Waals surface area contributed by atoms with Crippen molar-refractivity contribution in [3.8, 4) is 0 Å². The quantitative estimate of drug-likeness (QED) is 0.333. The van der Waals surface area contributed by atoms with Crippen molar-refractivity contribution < 1.29 is 16.8 Å². The van der Waals surface area contributed by atoms with Gasteiger partial charge >= 0.3 is 0 Å². The van der Waals surface area contributed by atoms with Crippen molar-refractivity contribution in [2.45, 2.75) is 69.6 Å². The number of nitrogens with zero attached hydrogens (tertiary/aromatic N) is 3. The van der Waals surface area contributed by atoms with Gasteiger partial charge in [0, 0.05) is 59.1 Å². The van der Waals surface area contributed by atoms with Gasteiger partial charge in [-0.3, -0.25) is 0 Å². The molecule has 0 unspecified atom stereocenters. The van der Waals surface area contributed by atoms with Crippen LogP contribution in [0.15, 0.2) is 35.4 Å². The van der Waals surface area contributed by atoms with Crippen LogP contribution in [0.25, 0.3) is 0 Å². The van der Waals surface area contributed by atoms with E-state index in [0.717, 1.165) is 31.5 Å². The summed E-state index contributed by atoms with van der Waals surface area (Å²) < 4.78 is 57.9. The Bertz CT molecular complexity index is 1110. The zero-order chi connectivity index (χ0) is 27.6. The lowest BCUT2D eigenvalue weighted by molar-refractivity contribution is 0.252. The van der Waals surface area contributed by atoms with Gasteiger partial charge in [-0.25, -0.2) is 17.9 Å². The van der Waals surface area contributed by atoms with Crippen molar-refractivity contribution in [2.24, 2.45) is 5.92 Å². The van der Waals surface area contributed by atoms with E-state index in [1.807, 2.05) is 50.3 Å². The average molecular weight is 570 g/mol. The zero-order valence-electron chi connectivity index (χ0n) is 23.4. The van der Waals surface area contributed by atoms with E-state index in [2.05, 4.69) is 14.3 Å². The third-order valence-corrected chi connectivity index (χ3v) is 10.6. The summed E-state index contributed by atoms with van der Waals surface area (Å²) in [6.45, 7) is 5.22. The number of piperidine rings is 1. The van der Waals surface area contributed by atoms with Crippen LogP contribution in [0.2, 0.25) is 0 Å². The maximum atomic E-state index is 12.9. The molecule has 0 atom stereocenters. The van der Waals surface area contributed by atoms with E-state index in [1.54, 1.807) is 10.4 Å². The van der Waals surface area contributed by atoms with Gasteiger partial charge in [0.25, 0.3) is 10.2 Å². The molecule has 0 amide bonds. The van der Waals surface area contributed by atoms with Crippen LogP contribution >= 0.6 is 0 Å². The van der Waals surface area contributed by atoms with Gasteiger partial charge in [0.1, 0.15) is 0 Å². The number of benzene rings is 1. The second-order valence-corrected chi connectivity index (χ2v) is 14.3. The highest BCUT2D eigenvalue weighted by Crippen LogP contribution is 2.25. The van der Waals surface area contributed by atoms with Crippen molar-refractivity contribution >= 4 is 25.9 Å². The van der Waals surface area contributed by atoms with Crippen molar-refractivity contribution in [1.82, 2.24) is 18.6 Å². The molecular formula is C27H47N5O4S2. The Labute approximate surface area is 230 Å². The molecule has 0 bridgehead atoms. The van der Waals surface area contributed by atoms with Crippen molar-refractivity contribution in [3.63, 3.8) is 0 Å². The Morgan fingerprint density at radius 2 is 1.66 bits per heavy atom. The van der Waals surface area contributed by atoms with Gasteiger partial charge in [0.05, 0.1) is 4.90 Å². The Balaban J connectivity index is 1.53. The second kappa shape index (κ2) is 14.6. The molecule has 2 fully saturated rings. The fourth-order valence-electron chi connectivity index (χ4n) is 5.26. The lowest BCUT2D eigenvalue weighted by Gasteiger charge is -2.29. The third kappa shape index (κ3) is 9.51. The van der Waals surface area contributed by atoms with E-state index in [0.29, 0.717) is 44.1 Å². The number of hydrogen-bond acceptors (Lipinski definition) is 6. The summed E-state index contributed by atoms with van der Waals surface area (Å²) in [7, 11) is -3.19. The number of anilines is 1. The first-order valence-corrected chi connectivity index (χ1v) is 16.9. The van der Waals surface area contributed by atoms with Gasteiger partial charge in [0.2, 0.25) is 10.0 Å². The molecule has 1 aromatic carbocycles. The molecule has 1 saturated carbocycles. The first-order chi connectivity index (χ1) is 18.1. The molecule has 2 aliphatic rings.